The Bertz CT molecular complexity index is 966. The number of rotatable bonds is 5. The van der Waals surface area contributed by atoms with Crippen molar-refractivity contribution in [3.8, 4) is 10.8 Å². The first-order chi connectivity index (χ1) is 12.6. The number of benzene rings is 1. The number of carbonyl (C=O) groups is 3. The van der Waals surface area contributed by atoms with Gasteiger partial charge < -0.3 is 4.42 Å². The minimum absolute atomic E-state index is 0.0556. The molecule has 3 heterocycles. The Kier molecular flexibility index (Phi) is 4.10. The first-order valence-electron chi connectivity index (χ1n) is 7.83. The molecule has 0 bridgehead atoms. The van der Waals surface area contributed by atoms with Crippen molar-refractivity contribution in [2.75, 3.05) is 0 Å². The molecule has 1 aliphatic rings. The third-order valence-corrected chi connectivity index (χ3v) is 4.78. The summed E-state index contributed by atoms with van der Waals surface area (Å²) in [7, 11) is 0. The van der Waals surface area contributed by atoms with E-state index in [1.165, 1.54) is 17.6 Å². The zero-order valence-electron chi connectivity index (χ0n) is 13.5. The highest BCUT2D eigenvalue weighted by Crippen LogP contribution is 2.25. The van der Waals surface area contributed by atoms with Crippen LogP contribution in [0.15, 0.2) is 58.5 Å². The van der Waals surface area contributed by atoms with Gasteiger partial charge in [-0.25, -0.2) is 14.7 Å². The first-order valence-corrected chi connectivity index (χ1v) is 8.71. The molecule has 0 spiro atoms. The van der Waals surface area contributed by atoms with Crippen LogP contribution in [-0.4, -0.2) is 32.6 Å². The molecule has 26 heavy (non-hydrogen) atoms. The molecule has 8 heteroatoms. The lowest BCUT2D eigenvalue weighted by atomic mass is 10.2. The Morgan fingerprint density at radius 2 is 1.65 bits per heavy atom. The molecular formula is C18H13N3O4S. The van der Waals surface area contributed by atoms with Crippen molar-refractivity contribution < 1.29 is 18.8 Å². The van der Waals surface area contributed by atoms with Gasteiger partial charge in [-0.15, -0.1) is 11.3 Å². The molecule has 4 amide bonds. The molecule has 3 aromatic rings. The molecule has 1 saturated heterocycles. The standard InChI is InChI=1S/C18H13N3O4S/c22-16-17(23)21(18(24)20(16)9-12-5-2-1-3-6-12)10-13-11-25-15(19-13)14-7-4-8-26-14/h1-8,11H,9-10H2. The molecule has 130 valence electrons. The largest absolute Gasteiger partial charge is 0.443 e. The van der Waals surface area contributed by atoms with Crippen molar-refractivity contribution in [2.24, 2.45) is 0 Å². The number of oxazole rings is 1. The number of hydrogen-bond acceptors (Lipinski definition) is 6. The predicted molar refractivity (Wildman–Crippen MR) is 92.8 cm³/mol. The lowest BCUT2D eigenvalue weighted by Crippen LogP contribution is -2.32. The van der Waals surface area contributed by atoms with Crippen molar-refractivity contribution in [2.45, 2.75) is 13.1 Å². The number of aromatic nitrogens is 1. The normalized spacial score (nSPS) is 14.5. The molecule has 1 aromatic carbocycles. The smallest absolute Gasteiger partial charge is 0.334 e. The van der Waals surface area contributed by atoms with E-state index in [1.54, 1.807) is 24.3 Å². The van der Waals surface area contributed by atoms with Gasteiger partial charge >= 0.3 is 17.8 Å². The van der Waals surface area contributed by atoms with Crippen LogP contribution in [0.4, 0.5) is 4.79 Å². The third kappa shape index (κ3) is 2.91. The maximum absolute atomic E-state index is 12.5. The fraction of sp³-hybridized carbons (Fsp3) is 0.111. The highest BCUT2D eigenvalue weighted by molar-refractivity contribution is 7.13. The van der Waals surface area contributed by atoms with Crippen molar-refractivity contribution in [1.29, 1.82) is 0 Å². The lowest BCUT2D eigenvalue weighted by Gasteiger charge is -2.14. The Morgan fingerprint density at radius 3 is 2.35 bits per heavy atom. The van der Waals surface area contributed by atoms with Gasteiger partial charge in [0.15, 0.2) is 0 Å². The zero-order valence-corrected chi connectivity index (χ0v) is 14.3. The fourth-order valence-electron chi connectivity index (χ4n) is 2.65. The van der Waals surface area contributed by atoms with Crippen LogP contribution >= 0.6 is 11.3 Å². The maximum atomic E-state index is 12.5. The van der Waals surface area contributed by atoms with Gasteiger partial charge in [-0.1, -0.05) is 36.4 Å². The summed E-state index contributed by atoms with van der Waals surface area (Å²) in [4.78, 5) is 43.9. The van der Waals surface area contributed by atoms with E-state index < -0.39 is 17.8 Å². The quantitative estimate of drug-likeness (QED) is 0.511. The van der Waals surface area contributed by atoms with E-state index in [9.17, 15) is 14.4 Å². The van der Waals surface area contributed by atoms with Gasteiger partial charge in [0.1, 0.15) is 6.26 Å². The number of imide groups is 2. The summed E-state index contributed by atoms with van der Waals surface area (Å²) in [6.07, 6.45) is 1.39. The van der Waals surface area contributed by atoms with Gasteiger partial charge in [-0.2, -0.15) is 0 Å². The summed E-state index contributed by atoms with van der Waals surface area (Å²) < 4.78 is 5.39. The number of urea groups is 1. The molecule has 2 aromatic heterocycles. The van der Waals surface area contributed by atoms with Crippen LogP contribution in [0.5, 0.6) is 0 Å². The summed E-state index contributed by atoms with van der Waals surface area (Å²) in [5.41, 5.74) is 1.18. The SMILES string of the molecule is O=C1C(=O)N(Cc2coc(-c3cccs3)n2)C(=O)N1Cc1ccccc1. The number of thiophene rings is 1. The average Bonchev–Trinajstić information content (AvgIpc) is 3.37. The van der Waals surface area contributed by atoms with Crippen LogP contribution in [0.1, 0.15) is 11.3 Å². The third-order valence-electron chi connectivity index (χ3n) is 3.92. The summed E-state index contributed by atoms with van der Waals surface area (Å²) in [6, 6.07) is 12.1. The molecule has 0 N–H and O–H groups in total. The number of carbonyl (C=O) groups excluding carboxylic acids is 3. The molecular weight excluding hydrogens is 354 g/mol. The van der Waals surface area contributed by atoms with Gasteiger partial charge in [0.2, 0.25) is 5.89 Å². The highest BCUT2D eigenvalue weighted by Gasteiger charge is 2.44. The summed E-state index contributed by atoms with van der Waals surface area (Å²) in [5, 5.41) is 1.90. The Labute approximate surface area is 152 Å². The Morgan fingerprint density at radius 1 is 0.923 bits per heavy atom. The van der Waals surface area contributed by atoms with Crippen molar-refractivity contribution >= 4 is 29.2 Å². The fourth-order valence-corrected chi connectivity index (χ4v) is 3.31. The van der Waals surface area contributed by atoms with Gasteiger partial charge in [0.05, 0.1) is 23.7 Å². The van der Waals surface area contributed by atoms with E-state index in [2.05, 4.69) is 4.98 Å². The second-order valence-electron chi connectivity index (χ2n) is 5.67. The second-order valence-corrected chi connectivity index (χ2v) is 6.62. The maximum Gasteiger partial charge on any atom is 0.334 e. The van der Waals surface area contributed by atoms with E-state index in [4.69, 9.17) is 4.42 Å². The van der Waals surface area contributed by atoms with Gasteiger partial charge in [-0.05, 0) is 17.0 Å². The molecule has 1 aliphatic heterocycles. The molecule has 7 nitrogen and oxygen atoms in total. The molecule has 0 atom stereocenters. The van der Waals surface area contributed by atoms with E-state index >= 15 is 0 Å². The van der Waals surface area contributed by atoms with E-state index in [0.717, 1.165) is 20.2 Å². The van der Waals surface area contributed by atoms with Gasteiger partial charge in [0.25, 0.3) is 0 Å². The van der Waals surface area contributed by atoms with Crippen LogP contribution in [0.2, 0.25) is 0 Å². The predicted octanol–water partition coefficient (Wildman–Crippen LogP) is 2.89. The number of nitrogens with zero attached hydrogens (tertiary/aromatic N) is 3. The average molecular weight is 367 g/mol. The lowest BCUT2D eigenvalue weighted by molar-refractivity contribution is -0.143. The van der Waals surface area contributed by atoms with Gasteiger partial charge in [-0.3, -0.25) is 14.5 Å². The van der Waals surface area contributed by atoms with E-state index in [-0.39, 0.29) is 13.1 Å². The van der Waals surface area contributed by atoms with Crippen LogP contribution in [0, 0.1) is 0 Å². The van der Waals surface area contributed by atoms with Crippen LogP contribution in [-0.2, 0) is 22.7 Å². The Hall–Kier alpha value is -3.26. The topological polar surface area (TPSA) is 83.7 Å². The van der Waals surface area contributed by atoms with Crippen LogP contribution in [0.3, 0.4) is 0 Å². The van der Waals surface area contributed by atoms with E-state index in [1.807, 2.05) is 23.6 Å². The minimum Gasteiger partial charge on any atom is -0.443 e. The first kappa shape index (κ1) is 16.2. The Balaban J connectivity index is 1.51. The summed E-state index contributed by atoms with van der Waals surface area (Å²) >= 11 is 1.47. The van der Waals surface area contributed by atoms with E-state index in [0.29, 0.717) is 11.6 Å². The molecule has 4 rings (SSSR count). The van der Waals surface area contributed by atoms with Crippen molar-refractivity contribution in [1.82, 2.24) is 14.8 Å². The zero-order chi connectivity index (χ0) is 18.1. The summed E-state index contributed by atoms with van der Waals surface area (Å²) in [6.45, 7) is -0.0520. The van der Waals surface area contributed by atoms with Crippen molar-refractivity contribution in [3.05, 3.63) is 65.4 Å². The second kappa shape index (κ2) is 6.57. The number of amides is 4. The van der Waals surface area contributed by atoms with Crippen molar-refractivity contribution in [3.63, 3.8) is 0 Å². The molecule has 0 radical (unpaired) electrons. The van der Waals surface area contributed by atoms with Crippen LogP contribution < -0.4 is 0 Å². The molecule has 0 unspecified atom stereocenters. The summed E-state index contributed by atoms with van der Waals surface area (Å²) in [5.74, 6) is -1.27. The number of hydrogen-bond donors (Lipinski definition) is 0. The molecule has 0 aliphatic carbocycles. The van der Waals surface area contributed by atoms with Crippen LogP contribution in [0.25, 0.3) is 10.8 Å². The molecule has 1 fully saturated rings. The van der Waals surface area contributed by atoms with Gasteiger partial charge in [0, 0.05) is 0 Å². The highest BCUT2D eigenvalue weighted by atomic mass is 32.1. The monoisotopic (exact) mass is 367 g/mol. The minimum atomic E-state index is -0.855. The molecule has 0 saturated carbocycles.